The summed E-state index contributed by atoms with van der Waals surface area (Å²) in [6.45, 7) is 3.25. The molecule has 2 atom stereocenters. The van der Waals surface area contributed by atoms with E-state index in [4.69, 9.17) is 4.52 Å². The summed E-state index contributed by atoms with van der Waals surface area (Å²) in [6.07, 6.45) is 4.11. The molecule has 5 nitrogen and oxygen atoms in total. The largest absolute Gasteiger partial charge is 0.508 e. The van der Waals surface area contributed by atoms with Gasteiger partial charge in [-0.25, -0.2) is 0 Å². The molecular weight excluding hydrogens is 266 g/mol. The monoisotopic (exact) mass is 287 g/mol. The van der Waals surface area contributed by atoms with Gasteiger partial charge < -0.3 is 14.9 Å². The first-order valence-corrected chi connectivity index (χ1v) is 7.58. The molecule has 3 rings (SSSR count). The number of nitrogens with one attached hydrogen (secondary N) is 1. The Morgan fingerprint density at radius 2 is 2.14 bits per heavy atom. The average Bonchev–Trinajstić information content (AvgIpc) is 2.98. The van der Waals surface area contributed by atoms with Gasteiger partial charge in [-0.1, -0.05) is 30.6 Å². The molecule has 1 aromatic carbocycles. The highest BCUT2D eigenvalue weighted by molar-refractivity contribution is 5.27. The van der Waals surface area contributed by atoms with E-state index in [0.29, 0.717) is 18.1 Å². The van der Waals surface area contributed by atoms with E-state index in [1.165, 1.54) is 12.8 Å². The molecule has 112 valence electrons. The molecule has 2 N–H and O–H groups in total. The molecule has 5 heteroatoms. The van der Waals surface area contributed by atoms with Gasteiger partial charge in [-0.05, 0) is 43.0 Å². The lowest BCUT2D eigenvalue weighted by Crippen LogP contribution is -2.31. The Balaban J connectivity index is 1.67. The number of aromatic nitrogens is 2. The van der Waals surface area contributed by atoms with E-state index in [1.807, 2.05) is 12.1 Å². The Labute approximate surface area is 124 Å². The number of hydrogen-bond acceptors (Lipinski definition) is 5. The fourth-order valence-corrected chi connectivity index (χ4v) is 2.83. The summed E-state index contributed by atoms with van der Waals surface area (Å²) in [4.78, 5) is 4.52. The van der Waals surface area contributed by atoms with Crippen molar-refractivity contribution < 1.29 is 9.63 Å². The van der Waals surface area contributed by atoms with Gasteiger partial charge in [0, 0.05) is 6.42 Å². The van der Waals surface area contributed by atoms with Crippen molar-refractivity contribution in [3.8, 4) is 5.75 Å². The maximum absolute atomic E-state index is 9.29. The van der Waals surface area contributed by atoms with Gasteiger partial charge in [0.2, 0.25) is 5.89 Å². The zero-order valence-electron chi connectivity index (χ0n) is 12.2. The zero-order chi connectivity index (χ0) is 14.7. The van der Waals surface area contributed by atoms with E-state index in [-0.39, 0.29) is 11.8 Å². The van der Waals surface area contributed by atoms with Crippen molar-refractivity contribution in [1.82, 2.24) is 15.5 Å². The van der Waals surface area contributed by atoms with Gasteiger partial charge >= 0.3 is 0 Å². The molecule has 1 aliphatic rings. The van der Waals surface area contributed by atoms with Gasteiger partial charge in [-0.15, -0.1) is 0 Å². The smallest absolute Gasteiger partial charge is 0.243 e. The second kappa shape index (κ2) is 6.26. The summed E-state index contributed by atoms with van der Waals surface area (Å²) in [7, 11) is 0. The van der Waals surface area contributed by atoms with Crippen LogP contribution in [0.5, 0.6) is 5.75 Å². The van der Waals surface area contributed by atoms with Crippen LogP contribution in [0.15, 0.2) is 28.8 Å². The third kappa shape index (κ3) is 3.42. The summed E-state index contributed by atoms with van der Waals surface area (Å²) in [6, 6.07) is 7.27. The van der Waals surface area contributed by atoms with E-state index in [0.717, 1.165) is 24.4 Å². The molecule has 0 bridgehead atoms. The molecular formula is C16H21N3O2. The van der Waals surface area contributed by atoms with Crippen molar-refractivity contribution in [3.05, 3.63) is 41.5 Å². The summed E-state index contributed by atoms with van der Waals surface area (Å²) < 4.78 is 5.42. The summed E-state index contributed by atoms with van der Waals surface area (Å²) in [5.41, 5.74) is 1.06. The van der Waals surface area contributed by atoms with E-state index >= 15 is 0 Å². The third-order valence-corrected chi connectivity index (χ3v) is 4.17. The first kappa shape index (κ1) is 14.1. The lowest BCUT2D eigenvalue weighted by atomic mass is 9.90. The van der Waals surface area contributed by atoms with Gasteiger partial charge in [0.1, 0.15) is 5.75 Å². The van der Waals surface area contributed by atoms with Crippen LogP contribution in [0.3, 0.4) is 0 Å². The van der Waals surface area contributed by atoms with Gasteiger partial charge in [0.15, 0.2) is 5.82 Å². The highest BCUT2D eigenvalue weighted by atomic mass is 16.5. The van der Waals surface area contributed by atoms with Crippen LogP contribution in [0, 0.1) is 5.92 Å². The standard InChI is InChI=1S/C16H21N3O2/c1-2-11-7-8-17-14(9-11)16-18-15(19-21-16)10-12-3-5-13(20)6-4-12/h3-6,11,14,17,20H,2,7-10H2,1H3. The van der Waals surface area contributed by atoms with Crippen molar-refractivity contribution in [2.75, 3.05) is 6.54 Å². The number of hydrogen-bond donors (Lipinski definition) is 2. The van der Waals surface area contributed by atoms with Crippen LogP contribution in [0.4, 0.5) is 0 Å². The second-order valence-corrected chi connectivity index (χ2v) is 5.70. The minimum Gasteiger partial charge on any atom is -0.508 e. The highest BCUT2D eigenvalue weighted by Crippen LogP contribution is 2.28. The average molecular weight is 287 g/mol. The van der Waals surface area contributed by atoms with Crippen LogP contribution in [-0.4, -0.2) is 21.8 Å². The van der Waals surface area contributed by atoms with Crippen molar-refractivity contribution in [2.45, 2.75) is 38.6 Å². The fraction of sp³-hybridized carbons (Fsp3) is 0.500. The molecule has 0 spiro atoms. The van der Waals surface area contributed by atoms with E-state index < -0.39 is 0 Å². The van der Waals surface area contributed by atoms with Crippen LogP contribution in [0.25, 0.3) is 0 Å². The number of benzene rings is 1. The predicted octanol–water partition coefficient (Wildman–Crippen LogP) is 2.82. The van der Waals surface area contributed by atoms with Gasteiger partial charge in [-0.3, -0.25) is 0 Å². The maximum Gasteiger partial charge on any atom is 0.243 e. The van der Waals surface area contributed by atoms with Crippen molar-refractivity contribution in [1.29, 1.82) is 0 Å². The Hall–Kier alpha value is -1.88. The molecule has 21 heavy (non-hydrogen) atoms. The predicted molar refractivity (Wildman–Crippen MR) is 79.0 cm³/mol. The maximum atomic E-state index is 9.29. The molecule has 0 aliphatic carbocycles. The Kier molecular flexibility index (Phi) is 4.20. The highest BCUT2D eigenvalue weighted by Gasteiger charge is 2.25. The van der Waals surface area contributed by atoms with E-state index in [9.17, 15) is 5.11 Å². The van der Waals surface area contributed by atoms with Crippen LogP contribution in [0.1, 0.15) is 49.5 Å². The molecule has 1 aliphatic heterocycles. The Morgan fingerprint density at radius 1 is 1.33 bits per heavy atom. The lowest BCUT2D eigenvalue weighted by Gasteiger charge is -2.27. The van der Waals surface area contributed by atoms with E-state index in [2.05, 4.69) is 22.4 Å². The van der Waals surface area contributed by atoms with Crippen LogP contribution in [-0.2, 0) is 6.42 Å². The number of rotatable bonds is 4. The number of nitrogens with zero attached hydrogens (tertiary/aromatic N) is 2. The zero-order valence-corrected chi connectivity index (χ0v) is 12.2. The minimum absolute atomic E-state index is 0.185. The Bertz CT molecular complexity index is 579. The van der Waals surface area contributed by atoms with Gasteiger partial charge in [0.25, 0.3) is 0 Å². The molecule has 2 heterocycles. The van der Waals surface area contributed by atoms with E-state index in [1.54, 1.807) is 12.1 Å². The van der Waals surface area contributed by atoms with Crippen molar-refractivity contribution in [2.24, 2.45) is 5.92 Å². The van der Waals surface area contributed by atoms with Crippen LogP contribution >= 0.6 is 0 Å². The fourth-order valence-electron chi connectivity index (χ4n) is 2.83. The Morgan fingerprint density at radius 3 is 2.90 bits per heavy atom. The van der Waals surface area contributed by atoms with Crippen LogP contribution < -0.4 is 5.32 Å². The molecule has 0 amide bonds. The van der Waals surface area contributed by atoms with Crippen molar-refractivity contribution >= 4 is 0 Å². The summed E-state index contributed by atoms with van der Waals surface area (Å²) >= 11 is 0. The number of aromatic hydroxyl groups is 1. The van der Waals surface area contributed by atoms with Crippen LogP contribution in [0.2, 0.25) is 0 Å². The van der Waals surface area contributed by atoms with Gasteiger partial charge in [0.05, 0.1) is 6.04 Å². The van der Waals surface area contributed by atoms with Gasteiger partial charge in [-0.2, -0.15) is 4.98 Å². The molecule has 0 saturated carbocycles. The first-order chi connectivity index (χ1) is 10.2. The normalized spacial score (nSPS) is 22.3. The summed E-state index contributed by atoms with van der Waals surface area (Å²) in [5, 5.41) is 16.8. The topological polar surface area (TPSA) is 71.2 Å². The minimum atomic E-state index is 0.185. The summed E-state index contributed by atoms with van der Waals surface area (Å²) in [5.74, 6) is 2.39. The number of piperidine rings is 1. The third-order valence-electron chi connectivity index (χ3n) is 4.17. The first-order valence-electron chi connectivity index (χ1n) is 7.58. The quantitative estimate of drug-likeness (QED) is 0.904. The molecule has 2 aromatic rings. The molecule has 1 fully saturated rings. The number of phenolic OH excluding ortho intramolecular Hbond substituents is 1. The lowest BCUT2D eigenvalue weighted by molar-refractivity contribution is 0.245. The second-order valence-electron chi connectivity index (χ2n) is 5.70. The molecule has 1 saturated heterocycles. The molecule has 0 radical (unpaired) electrons. The molecule has 1 aromatic heterocycles. The molecule has 2 unspecified atom stereocenters. The van der Waals surface area contributed by atoms with Crippen molar-refractivity contribution in [3.63, 3.8) is 0 Å². The number of phenols is 1. The SMILES string of the molecule is CCC1CCNC(c2nc(Cc3ccc(O)cc3)no2)C1.